The minimum absolute atomic E-state index is 0.255. The Hall–Kier alpha value is -2.67. The summed E-state index contributed by atoms with van der Waals surface area (Å²) >= 11 is 1.06. The third-order valence-corrected chi connectivity index (χ3v) is 3.94. The summed E-state index contributed by atoms with van der Waals surface area (Å²) in [7, 11) is 1.29. The third-order valence-electron chi connectivity index (χ3n) is 2.88. The van der Waals surface area contributed by atoms with Gasteiger partial charge in [-0.15, -0.1) is 11.3 Å². The second-order valence-electron chi connectivity index (χ2n) is 4.40. The highest BCUT2D eigenvalue weighted by molar-refractivity contribution is 7.15. The Balaban J connectivity index is 2.01. The van der Waals surface area contributed by atoms with Crippen LogP contribution < -0.4 is 11.1 Å². The number of thiophene rings is 1. The fraction of sp³-hybridized carbons (Fsp3) is 0.133. The molecule has 22 heavy (non-hydrogen) atoms. The Morgan fingerprint density at radius 2 is 1.91 bits per heavy atom. The van der Waals surface area contributed by atoms with Crippen LogP contribution in [0.25, 0.3) is 0 Å². The first kappa shape index (κ1) is 15.7. The van der Waals surface area contributed by atoms with E-state index in [1.54, 1.807) is 36.4 Å². The normalized spacial score (nSPS) is 10.0. The number of carbonyl (C=O) groups excluding carboxylic acids is 3. The highest BCUT2D eigenvalue weighted by Crippen LogP contribution is 2.17. The molecule has 3 N–H and O–H groups in total. The molecule has 1 aromatic heterocycles. The molecule has 6 nitrogen and oxygen atoms in total. The number of rotatable bonds is 5. The van der Waals surface area contributed by atoms with Crippen LogP contribution in [0, 0.1) is 0 Å². The second kappa shape index (κ2) is 6.86. The Morgan fingerprint density at radius 3 is 2.59 bits per heavy atom. The highest BCUT2D eigenvalue weighted by atomic mass is 32.1. The minimum Gasteiger partial charge on any atom is -0.465 e. The lowest BCUT2D eigenvalue weighted by Gasteiger charge is -2.05. The van der Waals surface area contributed by atoms with Gasteiger partial charge >= 0.3 is 5.97 Å². The zero-order valence-corrected chi connectivity index (χ0v) is 12.6. The molecule has 0 atom stereocenters. The van der Waals surface area contributed by atoms with Crippen LogP contribution in [0.5, 0.6) is 0 Å². The molecular formula is C15H14N2O4S. The number of amides is 2. The first-order valence-corrected chi connectivity index (χ1v) is 7.18. The number of hydrogen-bond donors (Lipinski definition) is 2. The van der Waals surface area contributed by atoms with Gasteiger partial charge in [-0.1, -0.05) is 12.1 Å². The van der Waals surface area contributed by atoms with E-state index in [-0.39, 0.29) is 12.5 Å². The van der Waals surface area contributed by atoms with Crippen molar-refractivity contribution in [3.05, 3.63) is 57.3 Å². The van der Waals surface area contributed by atoms with Gasteiger partial charge in [0.05, 0.1) is 12.0 Å². The molecule has 0 aliphatic carbocycles. The van der Waals surface area contributed by atoms with E-state index < -0.39 is 11.9 Å². The van der Waals surface area contributed by atoms with E-state index in [0.717, 1.165) is 16.9 Å². The first-order valence-electron chi connectivity index (χ1n) is 6.36. The summed E-state index contributed by atoms with van der Waals surface area (Å²) in [5, 5.41) is 2.72. The van der Waals surface area contributed by atoms with Crippen molar-refractivity contribution >= 4 is 29.1 Å². The number of hydrogen-bond acceptors (Lipinski definition) is 5. The van der Waals surface area contributed by atoms with E-state index >= 15 is 0 Å². The van der Waals surface area contributed by atoms with Crippen molar-refractivity contribution in [2.24, 2.45) is 5.73 Å². The van der Waals surface area contributed by atoms with Gasteiger partial charge in [0, 0.05) is 12.1 Å². The number of methoxy groups -OCH3 is 1. The standard InChI is InChI=1S/C15H14N2O4S/c1-21-15(20)12-6-5-11(22-12)14(19)17-8-9-3-2-4-10(7-9)13(16)18/h2-7H,8H2,1H3,(H2,16,18)(H,17,19). The van der Waals surface area contributed by atoms with Gasteiger partial charge in [0.2, 0.25) is 5.91 Å². The number of primary amides is 1. The van der Waals surface area contributed by atoms with Crippen LogP contribution in [0.4, 0.5) is 0 Å². The summed E-state index contributed by atoms with van der Waals surface area (Å²) in [4.78, 5) is 35.2. The fourth-order valence-corrected chi connectivity index (χ4v) is 2.61. The molecule has 0 saturated heterocycles. The zero-order chi connectivity index (χ0) is 16.1. The fourth-order valence-electron chi connectivity index (χ4n) is 1.77. The van der Waals surface area contributed by atoms with Crippen LogP contribution in [0.1, 0.15) is 35.3 Å². The number of nitrogens with one attached hydrogen (secondary N) is 1. The Morgan fingerprint density at radius 1 is 1.18 bits per heavy atom. The zero-order valence-electron chi connectivity index (χ0n) is 11.8. The monoisotopic (exact) mass is 318 g/mol. The molecule has 0 aliphatic rings. The lowest BCUT2D eigenvalue weighted by Crippen LogP contribution is -2.22. The van der Waals surface area contributed by atoms with Gasteiger partial charge in [0.25, 0.3) is 5.91 Å². The van der Waals surface area contributed by atoms with Gasteiger partial charge in [-0.3, -0.25) is 9.59 Å². The molecule has 2 aromatic rings. The summed E-state index contributed by atoms with van der Waals surface area (Å²) in [5.41, 5.74) is 6.35. The minimum atomic E-state index is -0.519. The average Bonchev–Trinajstić information content (AvgIpc) is 3.02. The Kier molecular flexibility index (Phi) is 4.90. The molecule has 2 amide bonds. The van der Waals surface area contributed by atoms with E-state index in [4.69, 9.17) is 5.73 Å². The van der Waals surface area contributed by atoms with Crippen molar-refractivity contribution in [3.63, 3.8) is 0 Å². The highest BCUT2D eigenvalue weighted by Gasteiger charge is 2.13. The van der Waals surface area contributed by atoms with Gasteiger partial charge < -0.3 is 15.8 Å². The molecule has 2 rings (SSSR count). The lowest BCUT2D eigenvalue weighted by atomic mass is 10.1. The first-order chi connectivity index (χ1) is 10.5. The maximum absolute atomic E-state index is 12.0. The molecule has 0 spiro atoms. The van der Waals surface area contributed by atoms with Gasteiger partial charge in [-0.25, -0.2) is 4.79 Å². The molecule has 114 valence electrons. The summed E-state index contributed by atoms with van der Waals surface area (Å²) in [5.74, 6) is -1.29. The number of ether oxygens (including phenoxy) is 1. The van der Waals surface area contributed by atoms with E-state index in [0.29, 0.717) is 15.3 Å². The maximum Gasteiger partial charge on any atom is 0.348 e. The molecule has 0 fully saturated rings. The van der Waals surface area contributed by atoms with Crippen molar-refractivity contribution in [2.45, 2.75) is 6.54 Å². The molecule has 1 heterocycles. The predicted molar refractivity (Wildman–Crippen MR) is 81.8 cm³/mol. The van der Waals surface area contributed by atoms with Gasteiger partial charge in [0.1, 0.15) is 4.88 Å². The smallest absolute Gasteiger partial charge is 0.348 e. The van der Waals surface area contributed by atoms with Crippen molar-refractivity contribution in [2.75, 3.05) is 7.11 Å². The van der Waals surface area contributed by atoms with Crippen LogP contribution in [0.15, 0.2) is 36.4 Å². The number of nitrogens with two attached hydrogens (primary N) is 1. The molecular weight excluding hydrogens is 304 g/mol. The quantitative estimate of drug-likeness (QED) is 0.817. The summed E-state index contributed by atoms with van der Waals surface area (Å²) < 4.78 is 4.59. The van der Waals surface area contributed by atoms with Crippen LogP contribution in [-0.2, 0) is 11.3 Å². The van der Waals surface area contributed by atoms with Crippen LogP contribution in [0.2, 0.25) is 0 Å². The molecule has 0 aliphatic heterocycles. The topological polar surface area (TPSA) is 98.5 Å². The number of benzene rings is 1. The van der Waals surface area contributed by atoms with Gasteiger partial charge in [0.15, 0.2) is 0 Å². The van der Waals surface area contributed by atoms with Crippen molar-refractivity contribution in [3.8, 4) is 0 Å². The number of carbonyl (C=O) groups is 3. The van der Waals surface area contributed by atoms with Gasteiger partial charge in [-0.05, 0) is 29.8 Å². The van der Waals surface area contributed by atoms with E-state index in [9.17, 15) is 14.4 Å². The van der Waals surface area contributed by atoms with E-state index in [2.05, 4.69) is 10.1 Å². The Labute approximate surface area is 130 Å². The van der Waals surface area contributed by atoms with Crippen LogP contribution in [-0.4, -0.2) is 24.9 Å². The van der Waals surface area contributed by atoms with Crippen molar-refractivity contribution in [1.29, 1.82) is 0 Å². The van der Waals surface area contributed by atoms with Crippen LogP contribution >= 0.6 is 11.3 Å². The Bertz CT molecular complexity index is 724. The molecule has 0 saturated carbocycles. The molecule has 1 aromatic carbocycles. The summed E-state index contributed by atoms with van der Waals surface area (Å²) in [6.45, 7) is 0.255. The largest absolute Gasteiger partial charge is 0.465 e. The third kappa shape index (κ3) is 3.70. The van der Waals surface area contributed by atoms with Gasteiger partial charge in [-0.2, -0.15) is 0 Å². The maximum atomic E-state index is 12.0. The van der Waals surface area contributed by atoms with Crippen LogP contribution in [0.3, 0.4) is 0 Å². The van der Waals surface area contributed by atoms with Crippen molar-refractivity contribution in [1.82, 2.24) is 5.32 Å². The lowest BCUT2D eigenvalue weighted by molar-refractivity contribution is 0.0606. The molecule has 0 unspecified atom stereocenters. The van der Waals surface area contributed by atoms with Crippen molar-refractivity contribution < 1.29 is 19.1 Å². The number of esters is 1. The van der Waals surface area contributed by atoms with E-state index in [1.807, 2.05) is 0 Å². The second-order valence-corrected chi connectivity index (χ2v) is 5.49. The predicted octanol–water partition coefficient (Wildman–Crippen LogP) is 1.56. The van der Waals surface area contributed by atoms with E-state index in [1.165, 1.54) is 7.11 Å². The SMILES string of the molecule is COC(=O)c1ccc(C(=O)NCc2cccc(C(N)=O)c2)s1. The summed E-state index contributed by atoms with van der Waals surface area (Å²) in [6, 6.07) is 9.81. The molecule has 0 radical (unpaired) electrons. The average molecular weight is 318 g/mol. The molecule has 0 bridgehead atoms. The summed E-state index contributed by atoms with van der Waals surface area (Å²) in [6.07, 6.45) is 0. The molecule has 7 heteroatoms.